The molecular weight excluding hydrogens is 534 g/mol. The Morgan fingerprint density at radius 2 is 1.78 bits per heavy atom. The van der Waals surface area contributed by atoms with Crippen LogP contribution in [-0.2, 0) is 11.4 Å². The number of hydrogen-bond donors (Lipinski definition) is 1. The summed E-state index contributed by atoms with van der Waals surface area (Å²) in [6, 6.07) is 20.3. The molecule has 208 valence electrons. The summed E-state index contributed by atoms with van der Waals surface area (Å²) in [6.07, 6.45) is -0.287. The Kier molecular flexibility index (Phi) is 7.62. The first-order chi connectivity index (χ1) is 19.9. The second-order valence-electron chi connectivity index (χ2n) is 8.74. The van der Waals surface area contributed by atoms with Gasteiger partial charge in [0, 0.05) is 5.56 Å². The third kappa shape index (κ3) is 5.71. The number of aromatic carboxylic acids is 1. The van der Waals surface area contributed by atoms with Crippen molar-refractivity contribution in [1.82, 2.24) is 29.8 Å². The maximum absolute atomic E-state index is 12.2. The Labute approximate surface area is 231 Å². The largest absolute Gasteiger partial charge is 0.478 e. The zero-order valence-electron chi connectivity index (χ0n) is 21.7. The van der Waals surface area contributed by atoms with Gasteiger partial charge in [-0.3, -0.25) is 9.36 Å². The van der Waals surface area contributed by atoms with Crippen LogP contribution in [0.3, 0.4) is 0 Å². The SMILES string of the molecule is CCOc1nc2cccc(C(=O)O)c2n1Cc1ccc(-c2ccccc2-c2nnn(C(=O)CCO[N+](=O)[O-])n2)cc1. The number of para-hydroxylation sites is 1. The first-order valence-corrected chi connectivity index (χ1v) is 12.5. The number of carboxylic acid groups (broad SMARTS) is 1. The topological polar surface area (TPSA) is 177 Å². The molecule has 0 amide bonds. The van der Waals surface area contributed by atoms with E-state index in [2.05, 4.69) is 25.2 Å². The second-order valence-corrected chi connectivity index (χ2v) is 8.74. The maximum atomic E-state index is 12.2. The van der Waals surface area contributed by atoms with Crippen LogP contribution in [0, 0.1) is 10.1 Å². The molecule has 0 radical (unpaired) electrons. The summed E-state index contributed by atoms with van der Waals surface area (Å²) in [7, 11) is 0. The predicted octanol–water partition coefficient (Wildman–Crippen LogP) is 3.74. The van der Waals surface area contributed by atoms with Crippen LogP contribution in [-0.4, -0.2) is 65.0 Å². The summed E-state index contributed by atoms with van der Waals surface area (Å²) < 4.78 is 7.47. The van der Waals surface area contributed by atoms with Crippen molar-refractivity contribution in [3.05, 3.63) is 88.0 Å². The van der Waals surface area contributed by atoms with Crippen LogP contribution in [0.15, 0.2) is 66.7 Å². The summed E-state index contributed by atoms with van der Waals surface area (Å²) in [5, 5.41) is 31.0. The highest BCUT2D eigenvalue weighted by Gasteiger charge is 2.19. The van der Waals surface area contributed by atoms with Crippen molar-refractivity contribution in [3.8, 4) is 28.5 Å². The fourth-order valence-electron chi connectivity index (χ4n) is 4.36. The number of ether oxygens (including phenoxy) is 1. The fraction of sp³-hybridized carbons (Fsp3) is 0.185. The van der Waals surface area contributed by atoms with E-state index in [1.807, 2.05) is 43.3 Å². The fourth-order valence-corrected chi connectivity index (χ4v) is 4.36. The summed E-state index contributed by atoms with van der Waals surface area (Å²) >= 11 is 0. The smallest absolute Gasteiger partial charge is 0.337 e. The number of aromatic nitrogens is 6. The minimum Gasteiger partial charge on any atom is -0.478 e. The van der Waals surface area contributed by atoms with Crippen molar-refractivity contribution in [2.24, 2.45) is 0 Å². The molecule has 14 nitrogen and oxygen atoms in total. The lowest BCUT2D eigenvalue weighted by Gasteiger charge is -2.12. The highest BCUT2D eigenvalue weighted by Crippen LogP contribution is 2.31. The third-order valence-corrected chi connectivity index (χ3v) is 6.16. The van der Waals surface area contributed by atoms with E-state index >= 15 is 0 Å². The monoisotopic (exact) mass is 557 g/mol. The Morgan fingerprint density at radius 1 is 1.02 bits per heavy atom. The van der Waals surface area contributed by atoms with Gasteiger partial charge < -0.3 is 14.7 Å². The summed E-state index contributed by atoms with van der Waals surface area (Å²) in [5.74, 6) is -1.44. The van der Waals surface area contributed by atoms with Crippen molar-refractivity contribution in [3.63, 3.8) is 0 Å². The molecule has 0 unspecified atom stereocenters. The second kappa shape index (κ2) is 11.6. The number of imidazole rings is 1. The van der Waals surface area contributed by atoms with Gasteiger partial charge in [-0.1, -0.05) is 59.4 Å². The molecule has 5 aromatic rings. The number of nitrogens with zero attached hydrogens (tertiary/aromatic N) is 7. The van der Waals surface area contributed by atoms with Gasteiger partial charge in [-0.05, 0) is 41.0 Å². The number of tetrazole rings is 1. The molecule has 41 heavy (non-hydrogen) atoms. The van der Waals surface area contributed by atoms with Crippen LogP contribution >= 0.6 is 0 Å². The normalized spacial score (nSPS) is 11.0. The molecule has 0 aliphatic rings. The molecule has 0 saturated heterocycles. The molecule has 0 fully saturated rings. The van der Waals surface area contributed by atoms with Gasteiger partial charge in [0.05, 0.1) is 36.2 Å². The van der Waals surface area contributed by atoms with Gasteiger partial charge in [-0.25, -0.2) is 4.79 Å². The first kappa shape index (κ1) is 26.9. The van der Waals surface area contributed by atoms with E-state index in [0.717, 1.165) is 21.5 Å². The van der Waals surface area contributed by atoms with Gasteiger partial charge in [-0.15, -0.1) is 20.3 Å². The first-order valence-electron chi connectivity index (χ1n) is 12.5. The van der Waals surface area contributed by atoms with E-state index in [-0.39, 0.29) is 17.8 Å². The van der Waals surface area contributed by atoms with E-state index in [0.29, 0.717) is 35.8 Å². The summed E-state index contributed by atoms with van der Waals surface area (Å²) in [5.41, 5.74) is 4.30. The van der Waals surface area contributed by atoms with Gasteiger partial charge >= 0.3 is 5.97 Å². The Morgan fingerprint density at radius 3 is 2.49 bits per heavy atom. The highest BCUT2D eigenvalue weighted by atomic mass is 16.9. The van der Waals surface area contributed by atoms with Crippen LogP contribution < -0.4 is 4.74 Å². The predicted molar refractivity (Wildman–Crippen MR) is 144 cm³/mol. The van der Waals surface area contributed by atoms with E-state index in [1.54, 1.807) is 28.8 Å². The molecular formula is C27H23N7O7. The van der Waals surface area contributed by atoms with Gasteiger partial charge in [-0.2, -0.15) is 4.98 Å². The van der Waals surface area contributed by atoms with Crippen molar-refractivity contribution in [2.75, 3.05) is 13.2 Å². The number of rotatable bonds is 11. The molecule has 0 atom stereocenters. The average molecular weight is 558 g/mol. The molecule has 1 N–H and O–H groups in total. The molecule has 0 aliphatic heterocycles. The molecule has 0 aliphatic carbocycles. The molecule has 5 rings (SSSR count). The zero-order chi connectivity index (χ0) is 28.9. The van der Waals surface area contributed by atoms with Crippen molar-refractivity contribution < 1.29 is 29.4 Å². The highest BCUT2D eigenvalue weighted by molar-refractivity contribution is 6.01. The lowest BCUT2D eigenvalue weighted by atomic mass is 9.98. The molecule has 2 aromatic heterocycles. The van der Waals surface area contributed by atoms with Crippen LogP contribution in [0.2, 0.25) is 0 Å². The molecule has 2 heterocycles. The van der Waals surface area contributed by atoms with Gasteiger partial charge in [0.25, 0.3) is 17.0 Å². The number of fused-ring (bicyclic) bond motifs is 1. The van der Waals surface area contributed by atoms with E-state index in [9.17, 15) is 24.8 Å². The van der Waals surface area contributed by atoms with E-state index in [4.69, 9.17) is 4.74 Å². The number of carbonyl (C=O) groups excluding carboxylic acids is 1. The van der Waals surface area contributed by atoms with Crippen LogP contribution in [0.4, 0.5) is 0 Å². The van der Waals surface area contributed by atoms with Crippen molar-refractivity contribution >= 4 is 22.9 Å². The maximum Gasteiger partial charge on any atom is 0.337 e. The minimum absolute atomic E-state index is 0.135. The van der Waals surface area contributed by atoms with Crippen LogP contribution in [0.1, 0.15) is 34.1 Å². The average Bonchev–Trinajstić information content (AvgIpc) is 3.59. The number of carbonyl (C=O) groups is 2. The van der Waals surface area contributed by atoms with Gasteiger partial charge in [0.1, 0.15) is 6.61 Å². The number of carboxylic acids is 1. The Balaban J connectivity index is 1.41. The molecule has 14 heteroatoms. The quantitative estimate of drug-likeness (QED) is 0.185. The van der Waals surface area contributed by atoms with Gasteiger partial charge in [0.15, 0.2) is 0 Å². The summed E-state index contributed by atoms with van der Waals surface area (Å²) in [4.78, 5) is 43.9. The third-order valence-electron chi connectivity index (χ3n) is 6.16. The zero-order valence-corrected chi connectivity index (χ0v) is 21.7. The van der Waals surface area contributed by atoms with E-state index < -0.39 is 23.6 Å². The minimum atomic E-state index is -1.05. The van der Waals surface area contributed by atoms with Crippen molar-refractivity contribution in [1.29, 1.82) is 0 Å². The summed E-state index contributed by atoms with van der Waals surface area (Å²) in [6.45, 7) is 2.13. The Bertz CT molecular complexity index is 1740. The lowest BCUT2D eigenvalue weighted by Crippen LogP contribution is -2.17. The standard InChI is InChI=1S/C27H23N7O7/c1-2-40-27-28-22-9-5-8-21(26(36)37)24(22)32(27)16-17-10-12-18(13-11-17)19-6-3-4-7-20(19)25-29-31-33(30-25)23(35)14-15-41-34(38)39/h3-13H,2,14-16H2,1H3,(H,36,37). The molecule has 0 saturated carbocycles. The number of hydrogen-bond acceptors (Lipinski definition) is 10. The molecule has 0 spiro atoms. The molecule has 3 aromatic carbocycles. The van der Waals surface area contributed by atoms with Crippen molar-refractivity contribution in [2.45, 2.75) is 19.9 Å². The van der Waals surface area contributed by atoms with E-state index in [1.165, 1.54) is 6.07 Å². The lowest BCUT2D eigenvalue weighted by molar-refractivity contribution is -0.757. The Hall–Kier alpha value is -5.66. The van der Waals surface area contributed by atoms with Crippen LogP contribution in [0.5, 0.6) is 6.01 Å². The van der Waals surface area contributed by atoms with Crippen LogP contribution in [0.25, 0.3) is 33.5 Å². The molecule has 0 bridgehead atoms. The van der Waals surface area contributed by atoms with Gasteiger partial charge in [0.2, 0.25) is 5.82 Å². The number of benzene rings is 3.